The van der Waals surface area contributed by atoms with Gasteiger partial charge in [0.05, 0.1) is 7.11 Å². The lowest BCUT2D eigenvalue weighted by Gasteiger charge is -2.58. The number of aromatic hydroxyl groups is 1. The van der Waals surface area contributed by atoms with E-state index in [1.165, 1.54) is 16.8 Å². The Morgan fingerprint density at radius 1 is 1.24 bits per heavy atom. The molecule has 2 N–H and O–H groups in total. The molecule has 184 valence electrons. The van der Waals surface area contributed by atoms with Gasteiger partial charge in [-0.3, -0.25) is 4.79 Å². The Balaban J connectivity index is 1.64. The summed E-state index contributed by atoms with van der Waals surface area (Å²) < 4.78 is 5.52. The predicted octanol–water partition coefficient (Wildman–Crippen LogP) is 4.21. The lowest BCUT2D eigenvalue weighted by molar-refractivity contribution is 0.0221. The first-order valence-corrected chi connectivity index (χ1v) is 12.7. The highest BCUT2D eigenvalue weighted by molar-refractivity contribution is 5.95. The number of methoxy groups -OCH3 is 1. The molecule has 1 aliphatic heterocycles. The molecule has 34 heavy (non-hydrogen) atoms. The fourth-order valence-electron chi connectivity index (χ4n) is 7.45. The third-order valence-electron chi connectivity index (χ3n) is 8.97. The first-order valence-electron chi connectivity index (χ1n) is 12.7. The number of ether oxygens (including phenoxy) is 1. The lowest BCUT2D eigenvalue weighted by atomic mass is 9.52. The van der Waals surface area contributed by atoms with Crippen molar-refractivity contribution in [2.24, 2.45) is 5.92 Å². The van der Waals surface area contributed by atoms with Gasteiger partial charge in [0, 0.05) is 34.8 Å². The van der Waals surface area contributed by atoms with E-state index in [2.05, 4.69) is 57.6 Å². The summed E-state index contributed by atoms with van der Waals surface area (Å²) in [5.74, 6) is 1.34. The molecule has 1 saturated heterocycles. The van der Waals surface area contributed by atoms with Gasteiger partial charge in [-0.05, 0) is 103 Å². The minimum absolute atomic E-state index is 0.0855. The van der Waals surface area contributed by atoms with Crippen molar-refractivity contribution in [1.82, 2.24) is 14.8 Å². The lowest BCUT2D eigenvalue weighted by Crippen LogP contribution is -2.61. The van der Waals surface area contributed by atoms with Gasteiger partial charge in [-0.1, -0.05) is 6.07 Å². The maximum atomic E-state index is 13.6. The molecule has 2 aromatic rings. The van der Waals surface area contributed by atoms with Crippen LogP contribution in [-0.4, -0.2) is 64.6 Å². The van der Waals surface area contributed by atoms with Crippen LogP contribution in [0.2, 0.25) is 0 Å². The molecule has 1 aromatic carbocycles. The molecule has 3 atom stereocenters. The number of amides is 1. The Morgan fingerprint density at radius 3 is 2.59 bits per heavy atom. The number of aromatic nitrogens is 1. The summed E-state index contributed by atoms with van der Waals surface area (Å²) in [6, 6.07) is 4.75. The number of hydrogen-bond donors (Lipinski definition) is 2. The summed E-state index contributed by atoms with van der Waals surface area (Å²) in [5, 5.41) is 11.3. The smallest absolute Gasteiger partial charge is 0.271 e. The molecule has 5 rings (SSSR count). The van der Waals surface area contributed by atoms with Gasteiger partial charge in [-0.15, -0.1) is 0 Å². The summed E-state index contributed by atoms with van der Waals surface area (Å²) in [6.07, 6.45) is 3.68. The average molecular weight is 466 g/mol. The Labute approximate surface area is 203 Å². The summed E-state index contributed by atoms with van der Waals surface area (Å²) in [6.45, 7) is 11.4. The fraction of sp³-hybridized carbons (Fsp3) is 0.607. The first-order chi connectivity index (χ1) is 16.1. The predicted molar refractivity (Wildman–Crippen MR) is 134 cm³/mol. The number of benzene rings is 1. The molecule has 3 aliphatic rings. The zero-order valence-electron chi connectivity index (χ0n) is 21.7. The van der Waals surface area contributed by atoms with Crippen LogP contribution in [0.15, 0.2) is 12.1 Å². The molecule has 0 spiro atoms. The van der Waals surface area contributed by atoms with Gasteiger partial charge in [-0.2, -0.15) is 0 Å². The first kappa shape index (κ1) is 23.3. The molecular weight excluding hydrogens is 426 g/mol. The zero-order chi connectivity index (χ0) is 24.5. The Hall–Kier alpha value is -2.47. The zero-order valence-corrected chi connectivity index (χ0v) is 21.7. The van der Waals surface area contributed by atoms with Crippen molar-refractivity contribution in [3.8, 4) is 11.5 Å². The van der Waals surface area contributed by atoms with Gasteiger partial charge < -0.3 is 24.6 Å². The highest BCUT2D eigenvalue weighted by Crippen LogP contribution is 2.58. The van der Waals surface area contributed by atoms with Crippen molar-refractivity contribution in [3.05, 3.63) is 45.8 Å². The van der Waals surface area contributed by atoms with Crippen molar-refractivity contribution < 1.29 is 14.6 Å². The number of likely N-dealkylation sites (N-methyl/N-ethyl adjacent to an activating group) is 1. The van der Waals surface area contributed by atoms with E-state index in [-0.39, 0.29) is 23.4 Å². The number of carbonyl (C=O) groups is 1. The summed E-state index contributed by atoms with van der Waals surface area (Å²) in [4.78, 5) is 21.7. The highest BCUT2D eigenvalue weighted by atomic mass is 16.5. The molecular formula is C28H39N3O3. The van der Waals surface area contributed by atoms with Crippen molar-refractivity contribution in [1.29, 1.82) is 0 Å². The maximum absolute atomic E-state index is 13.6. The van der Waals surface area contributed by atoms with Crippen LogP contribution in [0.25, 0.3) is 0 Å². The minimum atomic E-state index is -0.149. The second-order valence-corrected chi connectivity index (χ2v) is 11.3. The topological polar surface area (TPSA) is 68.8 Å². The SMILES string of the molecule is COc1ccc2c(c1O)[C@]13CCN(C)[C@@H](C2)[C@@H]1Cc1c([nH]c(C(=O)N(C(C)C)C(C)C)c1C)C3. The molecule has 1 fully saturated rings. The van der Waals surface area contributed by atoms with E-state index in [1.807, 2.05) is 11.0 Å². The molecule has 1 aromatic heterocycles. The quantitative estimate of drug-likeness (QED) is 0.710. The number of piperidine rings is 1. The molecule has 0 unspecified atom stereocenters. The molecule has 6 heteroatoms. The van der Waals surface area contributed by atoms with Crippen LogP contribution < -0.4 is 4.74 Å². The van der Waals surface area contributed by atoms with Crippen LogP contribution in [0.1, 0.15) is 72.6 Å². The van der Waals surface area contributed by atoms with Crippen LogP contribution in [-0.2, 0) is 24.7 Å². The number of phenols is 1. The number of phenolic OH excluding ortho intramolecular Hbond substituents is 1. The number of likely N-dealkylation sites (tertiary alicyclic amines) is 1. The number of nitrogens with zero attached hydrogens (tertiary/aromatic N) is 2. The molecule has 2 aliphatic carbocycles. The second-order valence-electron chi connectivity index (χ2n) is 11.3. The Kier molecular flexibility index (Phi) is 5.51. The fourth-order valence-corrected chi connectivity index (χ4v) is 7.45. The van der Waals surface area contributed by atoms with Gasteiger partial charge in [0.1, 0.15) is 5.69 Å². The number of hydrogen-bond acceptors (Lipinski definition) is 4. The van der Waals surface area contributed by atoms with E-state index in [1.54, 1.807) is 7.11 Å². The monoisotopic (exact) mass is 465 g/mol. The van der Waals surface area contributed by atoms with E-state index < -0.39 is 0 Å². The van der Waals surface area contributed by atoms with E-state index in [4.69, 9.17) is 4.74 Å². The van der Waals surface area contributed by atoms with Crippen LogP contribution >= 0.6 is 0 Å². The van der Waals surface area contributed by atoms with Crippen molar-refractivity contribution in [2.45, 2.75) is 83.8 Å². The van der Waals surface area contributed by atoms with Crippen molar-refractivity contribution in [2.75, 3.05) is 20.7 Å². The number of rotatable bonds is 4. The van der Waals surface area contributed by atoms with Gasteiger partial charge >= 0.3 is 0 Å². The van der Waals surface area contributed by atoms with E-state index in [0.29, 0.717) is 23.5 Å². The Bertz CT molecular complexity index is 1130. The van der Waals surface area contributed by atoms with Crippen LogP contribution in [0, 0.1) is 12.8 Å². The van der Waals surface area contributed by atoms with Crippen LogP contribution in [0.4, 0.5) is 0 Å². The molecule has 2 bridgehead atoms. The molecule has 1 amide bonds. The third-order valence-corrected chi connectivity index (χ3v) is 8.97. The number of H-pyrrole nitrogens is 1. The van der Waals surface area contributed by atoms with Crippen LogP contribution in [0.3, 0.4) is 0 Å². The van der Waals surface area contributed by atoms with Gasteiger partial charge in [0.15, 0.2) is 11.5 Å². The highest BCUT2D eigenvalue weighted by Gasteiger charge is 2.56. The Morgan fingerprint density at radius 2 is 1.94 bits per heavy atom. The van der Waals surface area contributed by atoms with E-state index >= 15 is 0 Å². The van der Waals surface area contributed by atoms with E-state index in [9.17, 15) is 9.90 Å². The summed E-state index contributed by atoms with van der Waals surface area (Å²) in [5.41, 5.74) is 6.48. The molecule has 0 saturated carbocycles. The maximum Gasteiger partial charge on any atom is 0.271 e. The third kappa shape index (κ3) is 3.14. The normalized spacial score (nSPS) is 25.7. The number of aromatic amines is 1. The van der Waals surface area contributed by atoms with Crippen LogP contribution in [0.5, 0.6) is 11.5 Å². The van der Waals surface area contributed by atoms with Crippen molar-refractivity contribution >= 4 is 5.91 Å². The number of carbonyl (C=O) groups excluding carboxylic acids is 1. The largest absolute Gasteiger partial charge is 0.504 e. The summed E-state index contributed by atoms with van der Waals surface area (Å²) in [7, 11) is 3.86. The van der Waals surface area contributed by atoms with Crippen molar-refractivity contribution in [3.63, 3.8) is 0 Å². The molecule has 2 heterocycles. The van der Waals surface area contributed by atoms with E-state index in [0.717, 1.165) is 49.0 Å². The van der Waals surface area contributed by atoms with Gasteiger partial charge in [0.25, 0.3) is 5.91 Å². The standard InChI is InChI=1S/C28H39N3O3/c1-15(2)31(16(3)4)27(33)25-17(5)19-13-20-22-12-18-8-9-23(34-7)26(32)24(18)28(20,10-11-30(22)6)14-21(19)29-25/h8-9,15-16,20,22,29,32H,10-14H2,1-7H3/t20-,22-,28-/m0/s1. The second kappa shape index (κ2) is 8.04. The van der Waals surface area contributed by atoms with Gasteiger partial charge in [0.2, 0.25) is 0 Å². The summed E-state index contributed by atoms with van der Waals surface area (Å²) >= 11 is 0. The molecule has 0 radical (unpaired) electrons. The average Bonchev–Trinajstić information content (AvgIpc) is 3.09. The number of fused-ring (bicyclic) bond motifs is 2. The van der Waals surface area contributed by atoms with Gasteiger partial charge in [-0.25, -0.2) is 0 Å². The molecule has 6 nitrogen and oxygen atoms in total. The number of nitrogens with one attached hydrogen (secondary N) is 1. The minimum Gasteiger partial charge on any atom is -0.504 e.